The van der Waals surface area contributed by atoms with Crippen LogP contribution in [0.3, 0.4) is 0 Å². The largest absolute Gasteiger partial charge is 0.493 e. The third-order valence-electron chi connectivity index (χ3n) is 3.18. The predicted molar refractivity (Wildman–Crippen MR) is 96.8 cm³/mol. The van der Waals surface area contributed by atoms with Gasteiger partial charge < -0.3 is 9.47 Å². The zero-order valence-electron chi connectivity index (χ0n) is 13.5. The first kappa shape index (κ1) is 18.7. The number of ether oxygens (including phenoxy) is 2. The topological polar surface area (TPSA) is 80.4 Å². The molecule has 1 heterocycles. The van der Waals surface area contributed by atoms with Crippen LogP contribution in [-0.2, 0) is 0 Å². The van der Waals surface area contributed by atoms with E-state index < -0.39 is 0 Å². The molecule has 0 amide bonds. The average molecular weight is 377 g/mol. The third-order valence-corrected chi connectivity index (χ3v) is 3.69. The van der Waals surface area contributed by atoms with E-state index in [0.29, 0.717) is 17.3 Å². The first-order valence-corrected chi connectivity index (χ1v) is 7.88. The molecule has 2 aromatic rings. The fourth-order valence-corrected chi connectivity index (χ4v) is 2.43. The molecule has 0 aliphatic heterocycles. The molecule has 6 nitrogen and oxygen atoms in total. The summed E-state index contributed by atoms with van der Waals surface area (Å²) in [6, 6.07) is 8.95. The number of rotatable bonds is 6. The number of para-hydroxylation sites is 2. The predicted octanol–water partition coefficient (Wildman–Crippen LogP) is 4.80. The lowest BCUT2D eigenvalue weighted by Gasteiger charge is -2.13. The van der Waals surface area contributed by atoms with E-state index in [4.69, 9.17) is 37.9 Å². The van der Waals surface area contributed by atoms with Crippen molar-refractivity contribution in [2.45, 2.75) is 12.8 Å². The number of halogens is 2. The second-order valence-electron chi connectivity index (χ2n) is 4.86. The quantitative estimate of drug-likeness (QED) is 0.411. The SMILES string of the molecule is C=N/C(C#N)=C\C(C)c1nc(Cl)c(Oc2ccccc2OC)c(Cl)n1. The highest BCUT2D eigenvalue weighted by Gasteiger charge is 2.18. The Morgan fingerprint density at radius 2 is 1.88 bits per heavy atom. The lowest BCUT2D eigenvalue weighted by molar-refractivity contribution is 0.378. The standard InChI is InChI=1S/C17H14Cl2N4O2/c1-10(8-11(9-20)21-2)17-22-15(18)14(16(19)23-17)25-13-7-5-4-6-12(13)24-3/h4-8,10H,2H2,1,3H3/b11-8-. The Bertz CT molecular complexity index is 839. The normalized spacial score (nSPS) is 12.2. The fraction of sp³-hybridized carbons (Fsp3) is 0.176. The molecule has 0 fully saturated rings. The molecule has 2 rings (SSSR count). The van der Waals surface area contributed by atoms with Crippen molar-refractivity contribution in [3.05, 3.63) is 52.2 Å². The number of methoxy groups -OCH3 is 1. The minimum Gasteiger partial charge on any atom is -0.493 e. The summed E-state index contributed by atoms with van der Waals surface area (Å²) in [6.45, 7) is 5.11. The number of nitrogens with zero attached hydrogens (tertiary/aromatic N) is 4. The maximum Gasteiger partial charge on any atom is 0.202 e. The number of hydrogen-bond acceptors (Lipinski definition) is 6. The fourth-order valence-electron chi connectivity index (χ4n) is 1.95. The summed E-state index contributed by atoms with van der Waals surface area (Å²) < 4.78 is 10.9. The van der Waals surface area contributed by atoms with Gasteiger partial charge in [-0.1, -0.05) is 42.3 Å². The second kappa shape index (κ2) is 8.47. The molecule has 1 unspecified atom stereocenters. The van der Waals surface area contributed by atoms with Gasteiger partial charge in [-0.3, -0.25) is 4.99 Å². The van der Waals surface area contributed by atoms with E-state index in [1.54, 1.807) is 31.2 Å². The Morgan fingerprint density at radius 3 is 2.40 bits per heavy atom. The molecule has 8 heteroatoms. The Morgan fingerprint density at radius 1 is 1.28 bits per heavy atom. The number of nitriles is 1. The highest BCUT2D eigenvalue weighted by Crippen LogP contribution is 2.38. The number of aromatic nitrogens is 2. The van der Waals surface area contributed by atoms with E-state index in [9.17, 15) is 0 Å². The van der Waals surface area contributed by atoms with E-state index in [1.165, 1.54) is 7.11 Å². The Hall–Kier alpha value is -2.62. The lowest BCUT2D eigenvalue weighted by Crippen LogP contribution is -2.02. The minimum absolute atomic E-state index is 0.0474. The van der Waals surface area contributed by atoms with Crippen LogP contribution in [0.2, 0.25) is 10.3 Å². The Kier molecular flexibility index (Phi) is 6.34. The van der Waals surface area contributed by atoms with Crippen molar-refractivity contribution < 1.29 is 9.47 Å². The van der Waals surface area contributed by atoms with Gasteiger partial charge in [-0.05, 0) is 24.9 Å². The summed E-state index contributed by atoms with van der Waals surface area (Å²) in [4.78, 5) is 12.0. The molecular formula is C17H14Cl2N4O2. The molecule has 0 spiro atoms. The van der Waals surface area contributed by atoms with Crippen LogP contribution >= 0.6 is 23.2 Å². The zero-order valence-corrected chi connectivity index (χ0v) is 15.0. The maximum atomic E-state index is 8.91. The van der Waals surface area contributed by atoms with Gasteiger partial charge in [0.05, 0.1) is 7.11 Å². The van der Waals surface area contributed by atoms with Crippen molar-refractivity contribution in [2.75, 3.05) is 7.11 Å². The summed E-state index contributed by atoms with van der Waals surface area (Å²) in [5, 5.41) is 9.01. The summed E-state index contributed by atoms with van der Waals surface area (Å²) in [7, 11) is 1.53. The van der Waals surface area contributed by atoms with Gasteiger partial charge in [0.1, 0.15) is 17.6 Å². The van der Waals surface area contributed by atoms with Gasteiger partial charge >= 0.3 is 0 Å². The summed E-state index contributed by atoms with van der Waals surface area (Å²) in [5.41, 5.74) is 0.165. The molecule has 0 radical (unpaired) electrons. The van der Waals surface area contributed by atoms with Crippen LogP contribution in [0.1, 0.15) is 18.7 Å². The van der Waals surface area contributed by atoms with E-state index in [0.717, 1.165) is 0 Å². The molecule has 25 heavy (non-hydrogen) atoms. The molecule has 0 aliphatic rings. The molecule has 0 saturated carbocycles. The van der Waals surface area contributed by atoms with Crippen LogP contribution in [0, 0.1) is 11.3 Å². The van der Waals surface area contributed by atoms with Crippen LogP contribution in [0.25, 0.3) is 0 Å². The van der Waals surface area contributed by atoms with Crippen LogP contribution in [-0.4, -0.2) is 23.8 Å². The average Bonchev–Trinajstić information content (AvgIpc) is 2.62. The summed E-state index contributed by atoms with van der Waals surface area (Å²) in [6.07, 6.45) is 1.57. The zero-order chi connectivity index (χ0) is 18.4. The smallest absolute Gasteiger partial charge is 0.202 e. The van der Waals surface area contributed by atoms with Crippen LogP contribution in [0.4, 0.5) is 0 Å². The highest BCUT2D eigenvalue weighted by molar-refractivity contribution is 6.35. The van der Waals surface area contributed by atoms with Gasteiger partial charge in [0, 0.05) is 5.92 Å². The van der Waals surface area contributed by atoms with E-state index in [1.807, 2.05) is 12.1 Å². The molecule has 1 atom stereocenters. The van der Waals surface area contributed by atoms with Crippen molar-refractivity contribution in [3.63, 3.8) is 0 Å². The molecule has 0 N–H and O–H groups in total. The van der Waals surface area contributed by atoms with Gasteiger partial charge in [-0.2, -0.15) is 5.26 Å². The number of benzene rings is 1. The number of aliphatic imine (C=N–C) groups is 1. The van der Waals surface area contributed by atoms with Crippen molar-refractivity contribution in [1.82, 2.24) is 9.97 Å². The van der Waals surface area contributed by atoms with E-state index >= 15 is 0 Å². The number of allylic oxidation sites excluding steroid dienone is 2. The van der Waals surface area contributed by atoms with Gasteiger partial charge in [0.25, 0.3) is 0 Å². The van der Waals surface area contributed by atoms with Gasteiger partial charge in [-0.15, -0.1) is 0 Å². The van der Waals surface area contributed by atoms with E-state index in [2.05, 4.69) is 21.7 Å². The molecule has 128 valence electrons. The second-order valence-corrected chi connectivity index (χ2v) is 5.57. The summed E-state index contributed by atoms with van der Waals surface area (Å²) >= 11 is 12.4. The van der Waals surface area contributed by atoms with Gasteiger partial charge in [-0.25, -0.2) is 9.97 Å². The van der Waals surface area contributed by atoms with E-state index in [-0.39, 0.29) is 27.7 Å². The Labute approximate surface area is 155 Å². The summed E-state index contributed by atoms with van der Waals surface area (Å²) in [5.74, 6) is 1.07. The molecule has 1 aromatic carbocycles. The lowest BCUT2D eigenvalue weighted by atomic mass is 10.1. The van der Waals surface area contributed by atoms with Crippen LogP contribution < -0.4 is 9.47 Å². The molecule has 1 aromatic heterocycles. The first-order chi connectivity index (χ1) is 12.0. The van der Waals surface area contributed by atoms with Gasteiger partial charge in [0.15, 0.2) is 21.8 Å². The Balaban J connectivity index is 2.36. The molecule has 0 aliphatic carbocycles. The number of hydrogen-bond donors (Lipinski definition) is 0. The minimum atomic E-state index is -0.338. The van der Waals surface area contributed by atoms with Crippen molar-refractivity contribution in [1.29, 1.82) is 5.26 Å². The third kappa shape index (κ3) is 4.47. The maximum absolute atomic E-state index is 8.91. The molecule has 0 saturated heterocycles. The van der Waals surface area contributed by atoms with Gasteiger partial charge in [0.2, 0.25) is 5.75 Å². The van der Waals surface area contributed by atoms with Crippen molar-refractivity contribution in [3.8, 4) is 23.3 Å². The molecule has 0 bridgehead atoms. The van der Waals surface area contributed by atoms with Crippen LogP contribution in [0.5, 0.6) is 17.2 Å². The monoisotopic (exact) mass is 376 g/mol. The first-order valence-electron chi connectivity index (χ1n) is 7.12. The molecular weight excluding hydrogens is 363 g/mol. The van der Waals surface area contributed by atoms with Crippen molar-refractivity contribution in [2.24, 2.45) is 4.99 Å². The van der Waals surface area contributed by atoms with Crippen LogP contribution in [0.15, 0.2) is 41.0 Å². The highest BCUT2D eigenvalue weighted by atomic mass is 35.5. The van der Waals surface area contributed by atoms with Crippen molar-refractivity contribution >= 4 is 29.9 Å².